The first kappa shape index (κ1) is 21.8. The van der Waals surface area contributed by atoms with Crippen LogP contribution < -0.4 is 5.32 Å². The SMILES string of the molecule is O=C(CCCc1ccccc1)Nc1nc2c(nc1-c1ccc(O)cc1)-c1ccc(F)cc1CC2. The minimum Gasteiger partial charge on any atom is -0.508 e. The summed E-state index contributed by atoms with van der Waals surface area (Å²) in [5.41, 5.74) is 5.68. The lowest BCUT2D eigenvalue weighted by molar-refractivity contribution is -0.116. The number of phenols is 1. The number of aryl methyl sites for hydroxylation is 3. The number of amides is 1. The van der Waals surface area contributed by atoms with Gasteiger partial charge in [-0.2, -0.15) is 0 Å². The Morgan fingerprint density at radius 1 is 0.941 bits per heavy atom. The van der Waals surface area contributed by atoms with E-state index in [1.54, 1.807) is 36.4 Å². The molecule has 0 unspecified atom stereocenters. The number of carbonyl (C=O) groups is 1. The standard InChI is InChI=1S/C28H24FN3O2/c29-21-12-15-23-20(17-21)11-16-24-27(23)32-26(19-9-13-22(33)14-10-19)28(30-24)31-25(34)8-4-7-18-5-2-1-3-6-18/h1-3,5-6,9-10,12-15,17,33H,4,7-8,11,16H2,(H,30,31,34). The number of phenolic OH excluding ortho intramolecular Hbond substituents is 1. The predicted octanol–water partition coefficient (Wildman–Crippen LogP) is 5.72. The van der Waals surface area contributed by atoms with Crippen molar-refractivity contribution in [3.05, 3.63) is 95.4 Å². The van der Waals surface area contributed by atoms with Gasteiger partial charge in [-0.15, -0.1) is 0 Å². The lowest BCUT2D eigenvalue weighted by Gasteiger charge is -2.21. The van der Waals surface area contributed by atoms with Gasteiger partial charge in [-0.3, -0.25) is 4.79 Å². The van der Waals surface area contributed by atoms with Crippen LogP contribution in [0, 0.1) is 5.82 Å². The Labute approximate surface area is 197 Å². The fraction of sp³-hybridized carbons (Fsp3) is 0.179. The first-order chi connectivity index (χ1) is 16.6. The molecule has 0 saturated carbocycles. The predicted molar refractivity (Wildman–Crippen MR) is 130 cm³/mol. The molecular weight excluding hydrogens is 429 g/mol. The highest BCUT2D eigenvalue weighted by atomic mass is 19.1. The maximum absolute atomic E-state index is 13.8. The minimum absolute atomic E-state index is 0.122. The Balaban J connectivity index is 1.44. The Morgan fingerprint density at radius 2 is 1.74 bits per heavy atom. The number of benzene rings is 3. The first-order valence-corrected chi connectivity index (χ1v) is 11.4. The fourth-order valence-electron chi connectivity index (χ4n) is 4.31. The number of aromatic nitrogens is 2. The van der Waals surface area contributed by atoms with Gasteiger partial charge in [-0.1, -0.05) is 30.3 Å². The minimum atomic E-state index is -0.270. The Kier molecular flexibility index (Phi) is 6.04. The van der Waals surface area contributed by atoms with Crippen molar-refractivity contribution in [3.8, 4) is 28.3 Å². The van der Waals surface area contributed by atoms with Crippen LogP contribution in [0.5, 0.6) is 5.75 Å². The van der Waals surface area contributed by atoms with Crippen molar-refractivity contribution in [1.82, 2.24) is 9.97 Å². The van der Waals surface area contributed by atoms with Gasteiger partial charge in [-0.05, 0) is 79.3 Å². The number of aromatic hydroxyl groups is 1. The third kappa shape index (κ3) is 4.66. The Bertz CT molecular complexity index is 1340. The number of anilines is 1. The van der Waals surface area contributed by atoms with E-state index >= 15 is 0 Å². The highest BCUT2D eigenvalue weighted by molar-refractivity contribution is 5.94. The van der Waals surface area contributed by atoms with Crippen LogP contribution in [0.4, 0.5) is 10.2 Å². The molecule has 1 amide bonds. The van der Waals surface area contributed by atoms with Crippen LogP contribution in [0.3, 0.4) is 0 Å². The second-order valence-corrected chi connectivity index (χ2v) is 8.45. The number of hydrogen-bond acceptors (Lipinski definition) is 4. The van der Waals surface area contributed by atoms with E-state index in [0.717, 1.165) is 35.2 Å². The van der Waals surface area contributed by atoms with E-state index in [9.17, 15) is 14.3 Å². The number of carbonyl (C=O) groups excluding carboxylic acids is 1. The van der Waals surface area contributed by atoms with Gasteiger partial charge in [0.1, 0.15) is 17.3 Å². The summed E-state index contributed by atoms with van der Waals surface area (Å²) in [6.07, 6.45) is 3.19. The van der Waals surface area contributed by atoms with Gasteiger partial charge in [0.2, 0.25) is 5.91 Å². The van der Waals surface area contributed by atoms with Crippen molar-refractivity contribution in [2.75, 3.05) is 5.32 Å². The van der Waals surface area contributed by atoms with Crippen molar-refractivity contribution in [1.29, 1.82) is 0 Å². The summed E-state index contributed by atoms with van der Waals surface area (Å²) in [5, 5.41) is 12.7. The lowest BCUT2D eigenvalue weighted by atomic mass is 9.91. The van der Waals surface area contributed by atoms with Crippen LogP contribution in [-0.2, 0) is 24.1 Å². The van der Waals surface area contributed by atoms with E-state index < -0.39 is 0 Å². The van der Waals surface area contributed by atoms with Crippen LogP contribution in [0.25, 0.3) is 22.5 Å². The molecule has 34 heavy (non-hydrogen) atoms. The Hall–Kier alpha value is -4.06. The van der Waals surface area contributed by atoms with Crippen LogP contribution in [0.15, 0.2) is 72.8 Å². The molecule has 4 aromatic rings. The molecule has 0 bridgehead atoms. The van der Waals surface area contributed by atoms with Crippen molar-refractivity contribution in [2.45, 2.75) is 32.1 Å². The van der Waals surface area contributed by atoms with Crippen LogP contribution in [-0.4, -0.2) is 21.0 Å². The van der Waals surface area contributed by atoms with E-state index in [1.165, 1.54) is 11.6 Å². The third-order valence-electron chi connectivity index (χ3n) is 6.03. The van der Waals surface area contributed by atoms with Crippen molar-refractivity contribution in [3.63, 3.8) is 0 Å². The van der Waals surface area contributed by atoms with Gasteiger partial charge in [0.05, 0.1) is 11.4 Å². The molecule has 5 nitrogen and oxygen atoms in total. The summed E-state index contributed by atoms with van der Waals surface area (Å²) < 4.78 is 13.8. The maximum Gasteiger partial charge on any atom is 0.225 e. The summed E-state index contributed by atoms with van der Waals surface area (Å²) in [5.74, 6) is 0.151. The van der Waals surface area contributed by atoms with Crippen molar-refractivity contribution >= 4 is 11.7 Å². The average molecular weight is 454 g/mol. The number of fused-ring (bicyclic) bond motifs is 3. The van der Waals surface area contributed by atoms with Crippen molar-refractivity contribution < 1.29 is 14.3 Å². The molecule has 1 heterocycles. The average Bonchev–Trinajstić information content (AvgIpc) is 2.84. The molecular formula is C28H24FN3O2. The monoisotopic (exact) mass is 453 g/mol. The molecule has 170 valence electrons. The largest absolute Gasteiger partial charge is 0.508 e. The molecule has 3 aromatic carbocycles. The third-order valence-corrected chi connectivity index (χ3v) is 6.03. The zero-order valence-electron chi connectivity index (χ0n) is 18.6. The molecule has 0 aliphatic heterocycles. The van der Waals surface area contributed by atoms with Crippen molar-refractivity contribution in [2.24, 2.45) is 0 Å². The highest BCUT2D eigenvalue weighted by Gasteiger charge is 2.23. The topological polar surface area (TPSA) is 75.1 Å². The van der Waals surface area contributed by atoms with Crippen LogP contribution in [0.2, 0.25) is 0 Å². The number of nitrogens with zero attached hydrogens (tertiary/aromatic N) is 2. The van der Waals surface area contributed by atoms with Gasteiger partial charge in [0.25, 0.3) is 0 Å². The zero-order valence-corrected chi connectivity index (χ0v) is 18.6. The second-order valence-electron chi connectivity index (χ2n) is 8.45. The van der Waals surface area contributed by atoms with E-state index in [4.69, 9.17) is 9.97 Å². The summed E-state index contributed by atoms with van der Waals surface area (Å²) in [4.78, 5) is 22.5. The molecule has 0 saturated heterocycles. The normalized spacial score (nSPS) is 12.0. The molecule has 2 N–H and O–H groups in total. The highest BCUT2D eigenvalue weighted by Crippen LogP contribution is 2.36. The quantitative estimate of drug-likeness (QED) is 0.392. The molecule has 0 radical (unpaired) electrons. The summed E-state index contributed by atoms with van der Waals surface area (Å²) in [6.45, 7) is 0. The summed E-state index contributed by atoms with van der Waals surface area (Å²) >= 11 is 0. The molecule has 6 heteroatoms. The first-order valence-electron chi connectivity index (χ1n) is 11.4. The molecule has 0 fully saturated rings. The van der Waals surface area contributed by atoms with Crippen LogP contribution in [0.1, 0.15) is 29.7 Å². The molecule has 1 aliphatic rings. The number of nitrogens with one attached hydrogen (secondary N) is 1. The smallest absolute Gasteiger partial charge is 0.225 e. The molecule has 5 rings (SSSR count). The van der Waals surface area contributed by atoms with Gasteiger partial charge in [0.15, 0.2) is 5.82 Å². The molecule has 1 aromatic heterocycles. The summed E-state index contributed by atoms with van der Waals surface area (Å²) in [6, 6.07) is 21.4. The number of rotatable bonds is 6. The van der Waals surface area contributed by atoms with Gasteiger partial charge < -0.3 is 10.4 Å². The van der Waals surface area contributed by atoms with E-state index in [2.05, 4.69) is 17.4 Å². The number of hydrogen-bond donors (Lipinski definition) is 2. The zero-order chi connectivity index (χ0) is 23.5. The lowest BCUT2D eigenvalue weighted by Crippen LogP contribution is -2.17. The van der Waals surface area contributed by atoms with Crippen LogP contribution >= 0.6 is 0 Å². The molecule has 0 atom stereocenters. The molecule has 1 aliphatic carbocycles. The number of halogens is 1. The van der Waals surface area contributed by atoms with E-state index in [0.29, 0.717) is 36.5 Å². The van der Waals surface area contributed by atoms with Gasteiger partial charge >= 0.3 is 0 Å². The second kappa shape index (κ2) is 9.43. The molecule has 0 spiro atoms. The Morgan fingerprint density at radius 3 is 2.53 bits per heavy atom. The maximum atomic E-state index is 13.8. The van der Waals surface area contributed by atoms with Gasteiger partial charge in [-0.25, -0.2) is 14.4 Å². The summed E-state index contributed by atoms with van der Waals surface area (Å²) in [7, 11) is 0. The van der Waals surface area contributed by atoms with E-state index in [-0.39, 0.29) is 17.5 Å². The fourth-order valence-corrected chi connectivity index (χ4v) is 4.31. The van der Waals surface area contributed by atoms with E-state index in [1.807, 2.05) is 18.2 Å². The van der Waals surface area contributed by atoms with Gasteiger partial charge in [0, 0.05) is 17.5 Å².